The summed E-state index contributed by atoms with van der Waals surface area (Å²) in [5.74, 6) is 0.313. The molecule has 0 N–H and O–H groups in total. The molecule has 0 aliphatic carbocycles. The first-order valence-corrected chi connectivity index (χ1v) is 6.28. The van der Waals surface area contributed by atoms with Crippen LogP contribution in [0.15, 0.2) is 36.4 Å². The van der Waals surface area contributed by atoms with Crippen LogP contribution in [-0.2, 0) is 16.0 Å². The van der Waals surface area contributed by atoms with Crippen molar-refractivity contribution in [2.75, 3.05) is 13.2 Å². The van der Waals surface area contributed by atoms with Crippen molar-refractivity contribution < 1.29 is 9.53 Å². The topological polar surface area (TPSA) is 39.2 Å². The molecule has 1 fully saturated rings. The minimum absolute atomic E-state index is 0.0678. The number of fused-ring (bicyclic) bond motifs is 1. The Hall–Kier alpha value is -1.74. The third-order valence-electron chi connectivity index (χ3n) is 3.40. The van der Waals surface area contributed by atoms with Crippen LogP contribution in [0.5, 0.6) is 0 Å². The van der Waals surface area contributed by atoms with Crippen LogP contribution in [0.1, 0.15) is 12.1 Å². The highest BCUT2D eigenvalue weighted by Gasteiger charge is 2.23. The molecule has 1 aliphatic rings. The average molecular weight is 241 g/mol. The van der Waals surface area contributed by atoms with Gasteiger partial charge in [0.25, 0.3) is 0 Å². The van der Waals surface area contributed by atoms with Gasteiger partial charge in [-0.1, -0.05) is 24.3 Å². The molecule has 1 aliphatic heterocycles. The monoisotopic (exact) mass is 241 g/mol. The third kappa shape index (κ3) is 2.27. The van der Waals surface area contributed by atoms with Gasteiger partial charge in [0, 0.05) is 30.0 Å². The summed E-state index contributed by atoms with van der Waals surface area (Å²) in [5.41, 5.74) is 1.80. The van der Waals surface area contributed by atoms with E-state index in [0.29, 0.717) is 19.6 Å². The second kappa shape index (κ2) is 4.86. The predicted octanol–water partition coefficient (Wildman–Crippen LogP) is 2.38. The van der Waals surface area contributed by atoms with Crippen LogP contribution in [0, 0.1) is 5.92 Å². The quantitative estimate of drug-likeness (QED) is 0.828. The van der Waals surface area contributed by atoms with Gasteiger partial charge in [-0.15, -0.1) is 0 Å². The van der Waals surface area contributed by atoms with E-state index < -0.39 is 0 Å². The number of hydrogen-bond acceptors (Lipinski definition) is 3. The molecule has 2 heterocycles. The highest BCUT2D eigenvalue weighted by atomic mass is 16.5. The largest absolute Gasteiger partial charge is 0.381 e. The second-order valence-electron chi connectivity index (χ2n) is 4.70. The van der Waals surface area contributed by atoms with Crippen molar-refractivity contribution in [1.82, 2.24) is 4.98 Å². The summed E-state index contributed by atoms with van der Waals surface area (Å²) >= 11 is 0. The molecule has 92 valence electrons. The minimum atomic E-state index is 0.0678. The van der Waals surface area contributed by atoms with Gasteiger partial charge in [0.05, 0.1) is 12.1 Å². The summed E-state index contributed by atoms with van der Waals surface area (Å²) in [6, 6.07) is 11.9. The third-order valence-corrected chi connectivity index (χ3v) is 3.40. The van der Waals surface area contributed by atoms with E-state index in [-0.39, 0.29) is 11.7 Å². The molecule has 0 saturated carbocycles. The van der Waals surface area contributed by atoms with E-state index in [2.05, 4.69) is 4.98 Å². The maximum atomic E-state index is 12.0. The van der Waals surface area contributed by atoms with Crippen LogP contribution in [0.4, 0.5) is 0 Å². The molecule has 1 atom stereocenters. The predicted molar refractivity (Wildman–Crippen MR) is 69.4 cm³/mol. The van der Waals surface area contributed by atoms with E-state index in [0.717, 1.165) is 23.0 Å². The lowest BCUT2D eigenvalue weighted by atomic mass is 9.99. The molecular formula is C15H15NO2. The number of para-hydroxylation sites is 1. The Bertz CT molecular complexity index is 573. The zero-order chi connectivity index (χ0) is 12.4. The summed E-state index contributed by atoms with van der Waals surface area (Å²) in [5, 5.41) is 1.11. The van der Waals surface area contributed by atoms with E-state index >= 15 is 0 Å². The lowest BCUT2D eigenvalue weighted by molar-refractivity contribution is -0.122. The normalized spacial score (nSPS) is 19.2. The summed E-state index contributed by atoms with van der Waals surface area (Å²) in [7, 11) is 0. The van der Waals surface area contributed by atoms with Gasteiger partial charge in [0.2, 0.25) is 0 Å². The highest BCUT2D eigenvalue weighted by molar-refractivity contribution is 5.84. The standard InChI is InChI=1S/C15H15NO2/c17-15(12-7-8-18-10-12)9-13-6-5-11-3-1-2-4-14(11)16-13/h1-6,12H,7-10H2. The summed E-state index contributed by atoms with van der Waals surface area (Å²) < 4.78 is 5.24. The van der Waals surface area contributed by atoms with Crippen molar-refractivity contribution in [2.24, 2.45) is 5.92 Å². The van der Waals surface area contributed by atoms with Gasteiger partial charge < -0.3 is 4.74 Å². The molecule has 3 rings (SSSR count). The number of carbonyl (C=O) groups excluding carboxylic acids is 1. The lowest BCUT2D eigenvalue weighted by Gasteiger charge is -2.06. The first kappa shape index (κ1) is 11.4. The van der Waals surface area contributed by atoms with E-state index in [9.17, 15) is 4.79 Å². The van der Waals surface area contributed by atoms with Gasteiger partial charge in [0.15, 0.2) is 0 Å². The molecule has 18 heavy (non-hydrogen) atoms. The Morgan fingerprint density at radius 1 is 1.28 bits per heavy atom. The average Bonchev–Trinajstić information content (AvgIpc) is 2.92. The Kier molecular flexibility index (Phi) is 3.07. The molecule has 1 aromatic carbocycles. The number of benzene rings is 1. The zero-order valence-electron chi connectivity index (χ0n) is 10.1. The van der Waals surface area contributed by atoms with Crippen molar-refractivity contribution in [3.63, 3.8) is 0 Å². The maximum absolute atomic E-state index is 12.0. The Morgan fingerprint density at radius 2 is 2.17 bits per heavy atom. The van der Waals surface area contributed by atoms with Gasteiger partial charge in [-0.3, -0.25) is 9.78 Å². The van der Waals surface area contributed by atoms with E-state index in [1.54, 1.807) is 0 Å². The molecular weight excluding hydrogens is 226 g/mol. The molecule has 0 bridgehead atoms. The minimum Gasteiger partial charge on any atom is -0.381 e. The molecule has 3 nitrogen and oxygen atoms in total. The number of hydrogen-bond donors (Lipinski definition) is 0. The summed E-state index contributed by atoms with van der Waals surface area (Å²) in [6.45, 7) is 1.29. The van der Waals surface area contributed by atoms with Crippen LogP contribution >= 0.6 is 0 Å². The number of Topliss-reactive ketones (excluding diaryl/α,β-unsaturated/α-hetero) is 1. The van der Waals surface area contributed by atoms with Gasteiger partial charge in [-0.25, -0.2) is 0 Å². The second-order valence-corrected chi connectivity index (χ2v) is 4.70. The fourth-order valence-corrected chi connectivity index (χ4v) is 2.32. The van der Waals surface area contributed by atoms with Crippen molar-refractivity contribution in [3.05, 3.63) is 42.1 Å². The van der Waals surface area contributed by atoms with Crippen molar-refractivity contribution >= 4 is 16.7 Å². The number of ether oxygens (including phenoxy) is 1. The number of rotatable bonds is 3. The summed E-state index contributed by atoms with van der Waals surface area (Å²) in [4.78, 5) is 16.6. The van der Waals surface area contributed by atoms with Crippen LogP contribution in [0.25, 0.3) is 10.9 Å². The van der Waals surface area contributed by atoms with Gasteiger partial charge >= 0.3 is 0 Å². The Labute approximate surface area is 106 Å². The number of nitrogens with zero attached hydrogens (tertiary/aromatic N) is 1. The Balaban J connectivity index is 1.79. The van der Waals surface area contributed by atoms with E-state index in [1.807, 2.05) is 36.4 Å². The number of aromatic nitrogens is 1. The molecule has 0 spiro atoms. The SMILES string of the molecule is O=C(Cc1ccc2ccccc2n1)C1CCOC1. The number of pyridine rings is 1. The van der Waals surface area contributed by atoms with Gasteiger partial charge in [-0.05, 0) is 18.6 Å². The first-order valence-electron chi connectivity index (χ1n) is 6.28. The fraction of sp³-hybridized carbons (Fsp3) is 0.333. The fourth-order valence-electron chi connectivity index (χ4n) is 2.32. The molecule has 0 amide bonds. The molecule has 3 heteroatoms. The molecule has 0 radical (unpaired) electrons. The first-order chi connectivity index (χ1) is 8.83. The van der Waals surface area contributed by atoms with Crippen LogP contribution < -0.4 is 0 Å². The van der Waals surface area contributed by atoms with Crippen molar-refractivity contribution in [1.29, 1.82) is 0 Å². The van der Waals surface area contributed by atoms with Crippen LogP contribution in [-0.4, -0.2) is 24.0 Å². The van der Waals surface area contributed by atoms with Crippen molar-refractivity contribution in [3.8, 4) is 0 Å². The van der Waals surface area contributed by atoms with Crippen LogP contribution in [0.2, 0.25) is 0 Å². The van der Waals surface area contributed by atoms with Crippen LogP contribution in [0.3, 0.4) is 0 Å². The highest BCUT2D eigenvalue weighted by Crippen LogP contribution is 2.17. The van der Waals surface area contributed by atoms with E-state index in [4.69, 9.17) is 4.74 Å². The van der Waals surface area contributed by atoms with Gasteiger partial charge in [-0.2, -0.15) is 0 Å². The maximum Gasteiger partial charge on any atom is 0.144 e. The zero-order valence-corrected chi connectivity index (χ0v) is 10.1. The smallest absolute Gasteiger partial charge is 0.144 e. The molecule has 1 saturated heterocycles. The number of carbonyl (C=O) groups is 1. The number of ketones is 1. The Morgan fingerprint density at radius 3 is 3.00 bits per heavy atom. The van der Waals surface area contributed by atoms with Gasteiger partial charge in [0.1, 0.15) is 5.78 Å². The molecule has 2 aromatic rings. The van der Waals surface area contributed by atoms with Crippen molar-refractivity contribution in [2.45, 2.75) is 12.8 Å². The molecule has 1 unspecified atom stereocenters. The van der Waals surface area contributed by atoms with E-state index in [1.165, 1.54) is 0 Å². The lowest BCUT2D eigenvalue weighted by Crippen LogP contribution is -2.17. The summed E-state index contributed by atoms with van der Waals surface area (Å²) in [6.07, 6.45) is 1.27. The molecule has 1 aromatic heterocycles.